The van der Waals surface area contributed by atoms with E-state index in [-0.39, 0.29) is 24.2 Å². The summed E-state index contributed by atoms with van der Waals surface area (Å²) in [5, 5.41) is 0. The van der Waals surface area contributed by atoms with Crippen LogP contribution >= 0.6 is 0 Å². The van der Waals surface area contributed by atoms with Gasteiger partial charge in [0.25, 0.3) is 0 Å². The highest BCUT2D eigenvalue weighted by Gasteiger charge is 2.25. The van der Waals surface area contributed by atoms with Crippen molar-refractivity contribution in [3.63, 3.8) is 0 Å². The number of carbonyl (C=O) groups excluding carboxylic acids is 1. The fourth-order valence-corrected chi connectivity index (χ4v) is 2.41. The van der Waals surface area contributed by atoms with Crippen molar-refractivity contribution in [1.82, 2.24) is 4.90 Å². The largest absolute Gasteiger partial charge is 0.338 e. The molecule has 0 aromatic heterocycles. The van der Waals surface area contributed by atoms with Crippen molar-refractivity contribution in [3.05, 3.63) is 35.1 Å². The minimum Gasteiger partial charge on any atom is -0.338 e. The molecule has 0 aliphatic carbocycles. The second-order valence-electron chi connectivity index (χ2n) is 4.90. The number of benzene rings is 1. The van der Waals surface area contributed by atoms with E-state index in [1.807, 2.05) is 6.92 Å². The molecule has 1 aromatic carbocycles. The highest BCUT2D eigenvalue weighted by Crippen LogP contribution is 2.21. The average molecular weight is 250 g/mol. The van der Waals surface area contributed by atoms with Crippen molar-refractivity contribution < 1.29 is 9.18 Å². The first kappa shape index (κ1) is 13.0. The van der Waals surface area contributed by atoms with Crippen LogP contribution in [0.5, 0.6) is 0 Å². The molecule has 18 heavy (non-hydrogen) atoms. The zero-order valence-corrected chi connectivity index (χ0v) is 10.7. The summed E-state index contributed by atoms with van der Waals surface area (Å²) in [6.07, 6.45) is 1.92. The Balaban J connectivity index is 2.16. The molecule has 3 nitrogen and oxygen atoms in total. The van der Waals surface area contributed by atoms with Crippen molar-refractivity contribution in [1.29, 1.82) is 0 Å². The summed E-state index contributed by atoms with van der Waals surface area (Å²) < 4.78 is 14.0. The van der Waals surface area contributed by atoms with Crippen LogP contribution in [0.25, 0.3) is 0 Å². The molecule has 1 saturated heterocycles. The van der Waals surface area contributed by atoms with E-state index in [9.17, 15) is 9.18 Å². The summed E-state index contributed by atoms with van der Waals surface area (Å²) in [6, 6.07) is 5.19. The molecule has 0 spiro atoms. The van der Waals surface area contributed by atoms with Gasteiger partial charge in [0, 0.05) is 36.7 Å². The van der Waals surface area contributed by atoms with Crippen molar-refractivity contribution in [2.45, 2.75) is 32.9 Å². The second kappa shape index (κ2) is 5.48. The third kappa shape index (κ3) is 2.53. The summed E-state index contributed by atoms with van der Waals surface area (Å²) in [5.74, 6) is -0.0932. The quantitative estimate of drug-likeness (QED) is 0.892. The number of nitrogens with two attached hydrogens (primary N) is 1. The monoisotopic (exact) mass is 250 g/mol. The predicted octanol–water partition coefficient (Wildman–Crippen LogP) is 2.04. The molecule has 0 bridgehead atoms. The Hall–Kier alpha value is -1.42. The van der Waals surface area contributed by atoms with Crippen LogP contribution in [0.15, 0.2) is 18.2 Å². The van der Waals surface area contributed by atoms with Crippen LogP contribution in [0.4, 0.5) is 4.39 Å². The number of hydrogen-bond donors (Lipinski definition) is 1. The lowest BCUT2D eigenvalue weighted by atomic mass is 9.98. The zero-order chi connectivity index (χ0) is 13.1. The Morgan fingerprint density at radius 1 is 1.44 bits per heavy atom. The van der Waals surface area contributed by atoms with E-state index in [0.717, 1.165) is 19.4 Å². The van der Waals surface area contributed by atoms with Gasteiger partial charge in [-0.3, -0.25) is 4.79 Å². The summed E-state index contributed by atoms with van der Waals surface area (Å²) >= 11 is 0. The molecule has 0 saturated carbocycles. The van der Waals surface area contributed by atoms with Gasteiger partial charge in [-0.1, -0.05) is 25.1 Å². The number of amides is 1. The molecule has 0 radical (unpaired) electrons. The van der Waals surface area contributed by atoms with Gasteiger partial charge in [0.2, 0.25) is 5.91 Å². The first-order valence-electron chi connectivity index (χ1n) is 6.38. The number of likely N-dealkylation sites (tertiary alicyclic amines) is 1. The fourth-order valence-electron chi connectivity index (χ4n) is 2.41. The highest BCUT2D eigenvalue weighted by atomic mass is 19.1. The smallest absolute Gasteiger partial charge is 0.225 e. The second-order valence-corrected chi connectivity index (χ2v) is 4.90. The van der Waals surface area contributed by atoms with Crippen molar-refractivity contribution in [3.8, 4) is 0 Å². The van der Waals surface area contributed by atoms with Gasteiger partial charge in [0.1, 0.15) is 5.82 Å². The Labute approximate surface area is 107 Å². The molecule has 1 heterocycles. The Kier molecular flexibility index (Phi) is 3.97. The maximum Gasteiger partial charge on any atom is 0.225 e. The normalized spacial score (nSPS) is 20.3. The maximum absolute atomic E-state index is 14.0. The van der Waals surface area contributed by atoms with Crippen LogP contribution < -0.4 is 5.73 Å². The minimum absolute atomic E-state index is 0.0551. The van der Waals surface area contributed by atoms with Gasteiger partial charge in [-0.2, -0.15) is 0 Å². The molecule has 4 heteroatoms. The number of nitrogens with zero attached hydrogens (tertiary/aromatic N) is 1. The van der Waals surface area contributed by atoms with Crippen LogP contribution in [0.1, 0.15) is 30.9 Å². The molecule has 1 aliphatic rings. The molecular weight excluding hydrogens is 231 g/mol. The molecule has 2 N–H and O–H groups in total. The lowest BCUT2D eigenvalue weighted by Crippen LogP contribution is -2.39. The summed E-state index contributed by atoms with van der Waals surface area (Å²) in [7, 11) is 0. The average Bonchev–Trinajstić information content (AvgIpc) is 2.37. The van der Waals surface area contributed by atoms with Crippen molar-refractivity contribution >= 4 is 5.91 Å². The topological polar surface area (TPSA) is 46.3 Å². The van der Waals surface area contributed by atoms with Gasteiger partial charge < -0.3 is 10.6 Å². The molecule has 98 valence electrons. The van der Waals surface area contributed by atoms with E-state index in [0.29, 0.717) is 17.7 Å². The number of hydrogen-bond acceptors (Lipinski definition) is 2. The van der Waals surface area contributed by atoms with Crippen molar-refractivity contribution in [2.75, 3.05) is 6.54 Å². The number of rotatable bonds is 3. The van der Waals surface area contributed by atoms with E-state index in [2.05, 4.69) is 0 Å². The van der Waals surface area contributed by atoms with E-state index >= 15 is 0 Å². The molecule has 1 fully saturated rings. The molecular formula is C14H19FN2O. The first-order chi connectivity index (χ1) is 8.63. The minimum atomic E-state index is -0.272. The molecule has 1 amide bonds. The van der Waals surface area contributed by atoms with E-state index in [1.54, 1.807) is 23.1 Å². The van der Waals surface area contributed by atoms with Gasteiger partial charge in [-0.25, -0.2) is 4.39 Å². The standard InChI is InChI=1S/C14H19FN2O/c1-10-4-3-7-17(14(10)18)9-12-6-2-5-11(8-16)13(12)15/h2,5-6,10H,3-4,7-9,16H2,1H3. The predicted molar refractivity (Wildman–Crippen MR) is 68.1 cm³/mol. The maximum atomic E-state index is 14.0. The third-order valence-corrected chi connectivity index (χ3v) is 3.54. The summed E-state index contributed by atoms with van der Waals surface area (Å²) in [6.45, 7) is 3.18. The van der Waals surface area contributed by atoms with Gasteiger partial charge in [0.15, 0.2) is 0 Å². The summed E-state index contributed by atoms with van der Waals surface area (Å²) in [4.78, 5) is 13.7. The number of piperidine rings is 1. The fraction of sp³-hybridized carbons (Fsp3) is 0.500. The Morgan fingerprint density at radius 3 is 2.89 bits per heavy atom. The lowest BCUT2D eigenvalue weighted by Gasteiger charge is -2.30. The highest BCUT2D eigenvalue weighted by molar-refractivity contribution is 5.79. The van der Waals surface area contributed by atoms with Crippen LogP contribution in [-0.4, -0.2) is 17.4 Å². The molecule has 2 rings (SSSR count). The summed E-state index contributed by atoms with van der Waals surface area (Å²) in [5.41, 5.74) is 6.54. The van der Waals surface area contributed by atoms with Crippen LogP contribution in [0, 0.1) is 11.7 Å². The van der Waals surface area contributed by atoms with E-state index in [4.69, 9.17) is 5.73 Å². The van der Waals surface area contributed by atoms with Crippen LogP contribution in [-0.2, 0) is 17.9 Å². The van der Waals surface area contributed by atoms with Crippen LogP contribution in [0.3, 0.4) is 0 Å². The molecule has 1 aliphatic heterocycles. The molecule has 1 unspecified atom stereocenters. The first-order valence-corrected chi connectivity index (χ1v) is 6.38. The van der Waals surface area contributed by atoms with Crippen LogP contribution in [0.2, 0.25) is 0 Å². The van der Waals surface area contributed by atoms with E-state index in [1.165, 1.54) is 0 Å². The zero-order valence-electron chi connectivity index (χ0n) is 10.7. The Bertz CT molecular complexity index is 447. The third-order valence-electron chi connectivity index (χ3n) is 3.54. The number of carbonyl (C=O) groups is 1. The molecule has 1 atom stereocenters. The van der Waals surface area contributed by atoms with Gasteiger partial charge >= 0.3 is 0 Å². The van der Waals surface area contributed by atoms with Gasteiger partial charge in [-0.15, -0.1) is 0 Å². The SMILES string of the molecule is CC1CCCN(Cc2cccc(CN)c2F)C1=O. The van der Waals surface area contributed by atoms with Crippen molar-refractivity contribution in [2.24, 2.45) is 11.7 Å². The molecule has 1 aromatic rings. The van der Waals surface area contributed by atoms with E-state index < -0.39 is 0 Å². The Morgan fingerprint density at radius 2 is 2.17 bits per heavy atom. The van der Waals surface area contributed by atoms with Gasteiger partial charge in [-0.05, 0) is 12.8 Å². The lowest BCUT2D eigenvalue weighted by molar-refractivity contribution is -0.138. The number of halogens is 1. The van der Waals surface area contributed by atoms with Gasteiger partial charge in [0.05, 0.1) is 0 Å².